The summed E-state index contributed by atoms with van der Waals surface area (Å²) in [5.41, 5.74) is -1.84. The molecule has 1 rings (SSSR count). The second-order valence-electron chi connectivity index (χ2n) is 3.15. The van der Waals surface area contributed by atoms with Crippen molar-refractivity contribution in [3.63, 3.8) is 0 Å². The molecule has 0 amide bonds. The zero-order valence-corrected chi connectivity index (χ0v) is 7.08. The summed E-state index contributed by atoms with van der Waals surface area (Å²) in [6.07, 6.45) is -2.70. The fourth-order valence-electron chi connectivity index (χ4n) is 1.56. The minimum absolute atomic E-state index is 0.0243. The molecule has 0 aromatic rings. The van der Waals surface area contributed by atoms with Gasteiger partial charge in [-0.15, -0.1) is 0 Å². The van der Waals surface area contributed by atoms with Gasteiger partial charge in [-0.1, -0.05) is 6.92 Å². The molecule has 0 N–H and O–H groups in total. The molecule has 0 saturated carbocycles. The van der Waals surface area contributed by atoms with Gasteiger partial charge in [0.15, 0.2) is 5.60 Å². The summed E-state index contributed by atoms with van der Waals surface area (Å²) in [4.78, 5) is 0. The first-order chi connectivity index (χ1) is 5.52. The van der Waals surface area contributed by atoms with Gasteiger partial charge in [0.05, 0.1) is 0 Å². The summed E-state index contributed by atoms with van der Waals surface area (Å²) in [7, 11) is 0. The highest BCUT2D eigenvalue weighted by molar-refractivity contribution is 4.89. The van der Waals surface area contributed by atoms with Crippen LogP contribution in [0.4, 0.5) is 13.2 Å². The smallest absolute Gasteiger partial charge is 0.366 e. The molecule has 1 aliphatic rings. The number of ether oxygens (including phenoxy) is 1. The second kappa shape index (κ2) is 3.24. The normalized spacial score (nSPS) is 32.0. The standard InChI is InChI=1S/C8H13F3O/c1-2-7(8(9,10)11)5-3-4-6-12-7/h2-6H2,1H3. The molecule has 12 heavy (non-hydrogen) atoms. The summed E-state index contributed by atoms with van der Waals surface area (Å²) in [6.45, 7) is 1.77. The van der Waals surface area contributed by atoms with Crippen molar-refractivity contribution in [2.24, 2.45) is 0 Å². The van der Waals surface area contributed by atoms with E-state index in [1.807, 2.05) is 0 Å². The Labute approximate surface area is 69.9 Å². The van der Waals surface area contributed by atoms with Crippen LogP contribution in [0.5, 0.6) is 0 Å². The van der Waals surface area contributed by atoms with Gasteiger partial charge in [0.1, 0.15) is 0 Å². The van der Waals surface area contributed by atoms with Crippen molar-refractivity contribution in [3.8, 4) is 0 Å². The molecular formula is C8H13F3O. The average molecular weight is 182 g/mol. The molecule has 1 unspecified atom stereocenters. The van der Waals surface area contributed by atoms with Crippen molar-refractivity contribution < 1.29 is 17.9 Å². The van der Waals surface area contributed by atoms with Gasteiger partial charge in [-0.25, -0.2) is 0 Å². The number of alkyl halides is 3. The fraction of sp³-hybridized carbons (Fsp3) is 1.00. The Morgan fingerprint density at radius 2 is 2.00 bits per heavy atom. The lowest BCUT2D eigenvalue weighted by atomic mass is 9.90. The Morgan fingerprint density at radius 3 is 2.25 bits per heavy atom. The van der Waals surface area contributed by atoms with E-state index in [0.717, 1.165) is 6.42 Å². The van der Waals surface area contributed by atoms with E-state index in [9.17, 15) is 13.2 Å². The SMILES string of the molecule is CCC1(C(F)(F)F)CCCCO1. The average Bonchev–Trinajstić information content (AvgIpc) is 2.04. The predicted octanol–water partition coefficient (Wildman–Crippen LogP) is 2.90. The summed E-state index contributed by atoms with van der Waals surface area (Å²) in [5.74, 6) is 0. The Morgan fingerprint density at radius 1 is 1.33 bits per heavy atom. The quantitative estimate of drug-likeness (QED) is 0.605. The molecule has 1 nitrogen and oxygen atoms in total. The summed E-state index contributed by atoms with van der Waals surface area (Å²) < 4.78 is 42.3. The van der Waals surface area contributed by atoms with Crippen LogP contribution in [0.1, 0.15) is 32.6 Å². The third-order valence-corrected chi connectivity index (χ3v) is 2.44. The number of rotatable bonds is 1. The van der Waals surface area contributed by atoms with E-state index >= 15 is 0 Å². The molecule has 0 aliphatic carbocycles. The minimum atomic E-state index is -4.21. The van der Waals surface area contributed by atoms with E-state index in [4.69, 9.17) is 4.74 Å². The van der Waals surface area contributed by atoms with Gasteiger partial charge in [0.2, 0.25) is 0 Å². The first-order valence-electron chi connectivity index (χ1n) is 4.22. The first-order valence-corrected chi connectivity index (χ1v) is 4.22. The summed E-state index contributed by atoms with van der Waals surface area (Å²) >= 11 is 0. The lowest BCUT2D eigenvalue weighted by Gasteiger charge is -2.37. The molecule has 0 spiro atoms. The lowest BCUT2D eigenvalue weighted by Crippen LogP contribution is -2.49. The van der Waals surface area contributed by atoms with Gasteiger partial charge in [-0.05, 0) is 25.7 Å². The first kappa shape index (κ1) is 9.84. The molecule has 0 radical (unpaired) electrons. The third-order valence-electron chi connectivity index (χ3n) is 2.44. The van der Waals surface area contributed by atoms with Crippen molar-refractivity contribution >= 4 is 0 Å². The predicted molar refractivity (Wildman–Crippen MR) is 38.9 cm³/mol. The van der Waals surface area contributed by atoms with E-state index in [-0.39, 0.29) is 19.4 Å². The van der Waals surface area contributed by atoms with Crippen molar-refractivity contribution in [1.82, 2.24) is 0 Å². The zero-order valence-electron chi connectivity index (χ0n) is 7.08. The maximum Gasteiger partial charge on any atom is 0.417 e. The summed E-state index contributed by atoms with van der Waals surface area (Å²) in [5, 5.41) is 0. The maximum atomic E-state index is 12.5. The van der Waals surface area contributed by atoms with E-state index in [0.29, 0.717) is 6.42 Å². The van der Waals surface area contributed by atoms with Crippen LogP contribution in [0.2, 0.25) is 0 Å². The van der Waals surface area contributed by atoms with Crippen LogP contribution in [0.15, 0.2) is 0 Å². The molecule has 0 aromatic heterocycles. The maximum absolute atomic E-state index is 12.5. The van der Waals surface area contributed by atoms with Crippen LogP contribution >= 0.6 is 0 Å². The van der Waals surface area contributed by atoms with Gasteiger partial charge < -0.3 is 4.74 Å². The van der Waals surface area contributed by atoms with Gasteiger partial charge in [-0.2, -0.15) is 13.2 Å². The Kier molecular flexibility index (Phi) is 2.66. The Hall–Kier alpha value is -0.250. The molecule has 1 aliphatic heterocycles. The van der Waals surface area contributed by atoms with Gasteiger partial charge in [-0.3, -0.25) is 0 Å². The topological polar surface area (TPSA) is 9.23 Å². The number of hydrogen-bond acceptors (Lipinski definition) is 1. The monoisotopic (exact) mass is 182 g/mol. The van der Waals surface area contributed by atoms with Crippen LogP contribution in [-0.2, 0) is 4.74 Å². The highest BCUT2D eigenvalue weighted by atomic mass is 19.4. The second-order valence-corrected chi connectivity index (χ2v) is 3.15. The lowest BCUT2D eigenvalue weighted by molar-refractivity contribution is -0.290. The van der Waals surface area contributed by atoms with E-state index in [1.54, 1.807) is 0 Å². The molecule has 0 aromatic carbocycles. The van der Waals surface area contributed by atoms with E-state index < -0.39 is 11.8 Å². The molecule has 4 heteroatoms. The van der Waals surface area contributed by atoms with Crippen molar-refractivity contribution in [2.45, 2.75) is 44.4 Å². The number of halogens is 3. The Balaban J connectivity index is 2.73. The van der Waals surface area contributed by atoms with Crippen LogP contribution in [0.25, 0.3) is 0 Å². The van der Waals surface area contributed by atoms with Crippen molar-refractivity contribution in [1.29, 1.82) is 0 Å². The fourth-order valence-corrected chi connectivity index (χ4v) is 1.56. The summed E-state index contributed by atoms with van der Waals surface area (Å²) in [6, 6.07) is 0. The largest absolute Gasteiger partial charge is 0.417 e. The highest BCUT2D eigenvalue weighted by Gasteiger charge is 2.54. The zero-order chi connectivity index (χ0) is 9.24. The van der Waals surface area contributed by atoms with Crippen LogP contribution in [-0.4, -0.2) is 18.4 Å². The van der Waals surface area contributed by atoms with Crippen molar-refractivity contribution in [2.75, 3.05) is 6.61 Å². The molecule has 1 heterocycles. The minimum Gasteiger partial charge on any atom is -0.366 e. The van der Waals surface area contributed by atoms with E-state index in [1.165, 1.54) is 6.92 Å². The highest BCUT2D eigenvalue weighted by Crippen LogP contribution is 2.42. The van der Waals surface area contributed by atoms with E-state index in [2.05, 4.69) is 0 Å². The number of hydrogen-bond donors (Lipinski definition) is 0. The molecule has 1 fully saturated rings. The molecule has 0 bridgehead atoms. The van der Waals surface area contributed by atoms with Gasteiger partial charge >= 0.3 is 6.18 Å². The third kappa shape index (κ3) is 1.58. The molecule has 72 valence electrons. The molecule has 1 saturated heterocycles. The van der Waals surface area contributed by atoms with Gasteiger partial charge in [0.25, 0.3) is 0 Å². The molecule has 1 atom stereocenters. The molecular weight excluding hydrogens is 169 g/mol. The van der Waals surface area contributed by atoms with Crippen LogP contribution in [0.3, 0.4) is 0 Å². The Bertz CT molecular complexity index is 147. The van der Waals surface area contributed by atoms with Gasteiger partial charge in [0, 0.05) is 6.61 Å². The van der Waals surface area contributed by atoms with Crippen LogP contribution < -0.4 is 0 Å². The van der Waals surface area contributed by atoms with Crippen molar-refractivity contribution in [3.05, 3.63) is 0 Å². The van der Waals surface area contributed by atoms with Crippen LogP contribution in [0, 0.1) is 0 Å².